The molecule has 2 heterocycles. The van der Waals surface area contributed by atoms with Crippen LogP contribution < -0.4 is 16.0 Å². The van der Waals surface area contributed by atoms with Crippen molar-refractivity contribution in [3.05, 3.63) is 61.2 Å². The molecule has 22 heavy (non-hydrogen) atoms. The van der Waals surface area contributed by atoms with Gasteiger partial charge in [-0.05, 0) is 37.5 Å². The number of allylic oxidation sites excluding steroid dienone is 4. The summed E-state index contributed by atoms with van der Waals surface area (Å²) in [5.41, 5.74) is 8.15. The maximum Gasteiger partial charge on any atom is 0.227 e. The van der Waals surface area contributed by atoms with E-state index in [9.17, 15) is 0 Å². The maximum atomic E-state index is 5.76. The Morgan fingerprint density at radius 3 is 2.45 bits per heavy atom. The first-order valence-corrected chi connectivity index (χ1v) is 7.49. The van der Waals surface area contributed by atoms with Gasteiger partial charge in [0.25, 0.3) is 0 Å². The minimum absolute atomic E-state index is 0.530. The zero-order valence-electron chi connectivity index (χ0n) is 12.8. The van der Waals surface area contributed by atoms with Gasteiger partial charge in [0.15, 0.2) is 0 Å². The van der Waals surface area contributed by atoms with Gasteiger partial charge >= 0.3 is 0 Å². The van der Waals surface area contributed by atoms with E-state index in [4.69, 9.17) is 5.73 Å². The van der Waals surface area contributed by atoms with E-state index in [2.05, 4.69) is 33.3 Å². The average molecular weight is 297 g/mol. The van der Waals surface area contributed by atoms with E-state index in [-0.39, 0.29) is 0 Å². The van der Waals surface area contributed by atoms with Crippen LogP contribution in [0.1, 0.15) is 19.3 Å². The van der Waals surface area contributed by atoms with Gasteiger partial charge in [-0.15, -0.1) is 0 Å². The van der Waals surface area contributed by atoms with Crippen molar-refractivity contribution in [3.8, 4) is 0 Å². The summed E-state index contributed by atoms with van der Waals surface area (Å²) in [6.07, 6.45) is 14.3. The molecular weight excluding hydrogens is 274 g/mol. The van der Waals surface area contributed by atoms with Crippen molar-refractivity contribution in [2.75, 3.05) is 23.3 Å². The number of nitrogens with zero attached hydrogens (tertiary/aromatic N) is 3. The highest BCUT2D eigenvalue weighted by Gasteiger charge is 2.11. The number of nitrogens with two attached hydrogens (primary N) is 1. The Morgan fingerprint density at radius 2 is 1.86 bits per heavy atom. The predicted molar refractivity (Wildman–Crippen MR) is 92.5 cm³/mol. The van der Waals surface area contributed by atoms with Crippen molar-refractivity contribution in [3.63, 3.8) is 0 Å². The molecule has 1 aliphatic heterocycles. The van der Waals surface area contributed by atoms with E-state index in [1.807, 2.05) is 12.4 Å². The minimum Gasteiger partial charge on any atom is -0.399 e. The fourth-order valence-corrected chi connectivity index (χ4v) is 2.32. The average Bonchev–Trinajstić information content (AvgIpc) is 2.56. The van der Waals surface area contributed by atoms with Gasteiger partial charge in [0.1, 0.15) is 0 Å². The van der Waals surface area contributed by atoms with Gasteiger partial charge in [0.05, 0.1) is 18.1 Å². The summed E-state index contributed by atoms with van der Waals surface area (Å²) in [6.45, 7) is 9.48. The summed E-state index contributed by atoms with van der Waals surface area (Å²) in [7, 11) is 0. The second-order valence-electron chi connectivity index (χ2n) is 5.14. The lowest BCUT2D eigenvalue weighted by atomic mass is 10.1. The molecule has 0 amide bonds. The van der Waals surface area contributed by atoms with E-state index in [0.717, 1.165) is 24.5 Å². The summed E-state index contributed by atoms with van der Waals surface area (Å²) >= 11 is 0. The fourth-order valence-electron chi connectivity index (χ4n) is 2.32. The number of rotatable bonds is 6. The molecule has 0 saturated carbocycles. The van der Waals surface area contributed by atoms with Gasteiger partial charge in [-0.3, -0.25) is 0 Å². The zero-order valence-corrected chi connectivity index (χ0v) is 12.8. The van der Waals surface area contributed by atoms with E-state index >= 15 is 0 Å². The third kappa shape index (κ3) is 4.48. The highest BCUT2D eigenvalue weighted by Crippen LogP contribution is 2.18. The van der Waals surface area contributed by atoms with E-state index in [1.165, 1.54) is 19.3 Å². The molecule has 1 aromatic heterocycles. The molecule has 2 rings (SSSR count). The fraction of sp³-hybridized carbons (Fsp3) is 0.294. The third-order valence-corrected chi connectivity index (χ3v) is 3.47. The second-order valence-corrected chi connectivity index (χ2v) is 5.14. The lowest BCUT2D eigenvalue weighted by Gasteiger charge is -2.28. The first-order chi connectivity index (χ1) is 10.7. The van der Waals surface area contributed by atoms with Crippen LogP contribution in [0.4, 0.5) is 11.6 Å². The Balaban J connectivity index is 2.07. The second kappa shape index (κ2) is 8.02. The van der Waals surface area contributed by atoms with Gasteiger partial charge in [-0.2, -0.15) is 0 Å². The Morgan fingerprint density at radius 1 is 1.18 bits per heavy atom. The van der Waals surface area contributed by atoms with Crippen molar-refractivity contribution in [1.29, 1.82) is 0 Å². The van der Waals surface area contributed by atoms with E-state index in [0.29, 0.717) is 11.6 Å². The number of piperidine rings is 1. The van der Waals surface area contributed by atoms with Crippen LogP contribution in [-0.2, 0) is 0 Å². The number of nitrogens with one attached hydrogen (secondary N) is 1. The van der Waals surface area contributed by atoms with Gasteiger partial charge in [-0.1, -0.05) is 19.2 Å². The monoisotopic (exact) mass is 297 g/mol. The first kappa shape index (κ1) is 15.8. The maximum absolute atomic E-state index is 5.76. The Hall–Kier alpha value is -2.56. The summed E-state index contributed by atoms with van der Waals surface area (Å²) in [5.74, 6) is 0.530. The van der Waals surface area contributed by atoms with Crippen molar-refractivity contribution >= 4 is 11.6 Å². The molecule has 0 bridgehead atoms. The lowest BCUT2D eigenvalue weighted by Crippen LogP contribution is -2.29. The molecule has 5 nitrogen and oxygen atoms in total. The van der Waals surface area contributed by atoms with Crippen LogP contribution in [0.5, 0.6) is 0 Å². The molecule has 1 fully saturated rings. The van der Waals surface area contributed by atoms with Crippen LogP contribution >= 0.6 is 0 Å². The van der Waals surface area contributed by atoms with E-state index < -0.39 is 0 Å². The third-order valence-electron chi connectivity index (χ3n) is 3.47. The molecule has 0 unspecified atom stereocenters. The van der Waals surface area contributed by atoms with Crippen LogP contribution in [0.3, 0.4) is 0 Å². The number of aromatic nitrogens is 2. The first-order valence-electron chi connectivity index (χ1n) is 7.49. The van der Waals surface area contributed by atoms with Crippen LogP contribution in [0, 0.1) is 0 Å². The summed E-state index contributed by atoms with van der Waals surface area (Å²) in [5, 5.41) is 3.12. The van der Waals surface area contributed by atoms with Crippen molar-refractivity contribution < 1.29 is 0 Å². The Labute approximate surface area is 132 Å². The van der Waals surface area contributed by atoms with Gasteiger partial charge in [0.2, 0.25) is 5.95 Å². The van der Waals surface area contributed by atoms with Gasteiger partial charge < -0.3 is 16.0 Å². The highest BCUT2D eigenvalue weighted by atomic mass is 15.2. The normalized spacial score (nSPS) is 16.3. The van der Waals surface area contributed by atoms with Crippen LogP contribution in [0.25, 0.3) is 0 Å². The molecule has 5 heteroatoms. The molecule has 116 valence electrons. The predicted octanol–water partition coefficient (Wildman–Crippen LogP) is 2.98. The molecule has 0 aliphatic carbocycles. The molecule has 0 radical (unpaired) electrons. The standard InChI is InChI=1S/C17H23N5/c1-3-8-15(11-14(18)4-2)21-17-19-12-16(13-20-17)22-9-6-5-7-10-22/h3-4,8,11-13H,1-2,5-7,9-10,18H2,(H,19,20,21)/b14-11+,15-8+. The molecule has 1 aromatic rings. The summed E-state index contributed by atoms with van der Waals surface area (Å²) in [6, 6.07) is 0. The number of hydrogen-bond donors (Lipinski definition) is 2. The molecule has 0 spiro atoms. The molecular formula is C17H23N5. The van der Waals surface area contributed by atoms with Gasteiger partial charge in [-0.25, -0.2) is 9.97 Å². The Kier molecular flexibility index (Phi) is 5.77. The summed E-state index contributed by atoms with van der Waals surface area (Å²) in [4.78, 5) is 11.1. The minimum atomic E-state index is 0.530. The van der Waals surface area contributed by atoms with E-state index in [1.54, 1.807) is 24.3 Å². The van der Waals surface area contributed by atoms with Crippen molar-refractivity contribution in [2.24, 2.45) is 5.73 Å². The largest absolute Gasteiger partial charge is 0.399 e. The van der Waals surface area contributed by atoms with Crippen molar-refractivity contribution in [2.45, 2.75) is 19.3 Å². The van der Waals surface area contributed by atoms with Crippen LogP contribution in [-0.4, -0.2) is 23.1 Å². The van der Waals surface area contributed by atoms with Crippen molar-refractivity contribution in [1.82, 2.24) is 9.97 Å². The Bertz CT molecular complexity index is 565. The molecule has 3 N–H and O–H groups in total. The zero-order chi connectivity index (χ0) is 15.8. The van der Waals surface area contributed by atoms with Crippen LogP contribution in [0.15, 0.2) is 61.2 Å². The molecule has 0 aromatic carbocycles. The number of hydrogen-bond acceptors (Lipinski definition) is 5. The topological polar surface area (TPSA) is 67.1 Å². The van der Waals surface area contributed by atoms with Gasteiger partial charge in [0, 0.05) is 24.5 Å². The lowest BCUT2D eigenvalue weighted by molar-refractivity contribution is 0.576. The molecule has 1 saturated heterocycles. The molecule has 0 atom stereocenters. The quantitative estimate of drug-likeness (QED) is 0.790. The number of anilines is 2. The van der Waals surface area contributed by atoms with Crippen LogP contribution in [0.2, 0.25) is 0 Å². The SMILES string of the molecule is C=C/C=C(\C=C(\N)C=C)Nc1ncc(N2CCCCC2)cn1. The molecule has 1 aliphatic rings. The highest BCUT2D eigenvalue weighted by molar-refractivity contribution is 5.48. The smallest absolute Gasteiger partial charge is 0.227 e. The summed E-state index contributed by atoms with van der Waals surface area (Å²) < 4.78 is 0.